The van der Waals surface area contributed by atoms with Gasteiger partial charge in [-0.1, -0.05) is 0 Å². The van der Waals surface area contributed by atoms with Gasteiger partial charge in [-0.15, -0.1) is 0 Å². The third-order valence-corrected chi connectivity index (χ3v) is 5.51. The molecule has 1 saturated carbocycles. The average Bonchev–Trinajstić information content (AvgIpc) is 2.95. The molecule has 0 aliphatic heterocycles. The Morgan fingerprint density at radius 3 is 2.61 bits per heavy atom. The number of esters is 1. The summed E-state index contributed by atoms with van der Waals surface area (Å²) in [6.07, 6.45) is 0.579. The molecule has 0 bridgehead atoms. The Morgan fingerprint density at radius 2 is 2.00 bits per heavy atom. The lowest BCUT2D eigenvalue weighted by Crippen LogP contribution is -2.35. The standard InChI is InChI=1S/C21H33N3O7/c1-12-16(24(28)29)19(23-13(2)22-12)31-18-15(7-6-9-25)11-14(17(18)26)8-10-30-20(27)21(3,4)5/h14-15,17-18,25-26H,6-11H2,1-5H3/t14-,15-,17+,18-/m0/s1/i25T. The van der Waals surface area contributed by atoms with E-state index in [-0.39, 0.29) is 48.3 Å². The normalized spacial score (nSPS) is 24.0. The number of aliphatic hydroxyl groups is 2. The number of ether oxygens (including phenoxy) is 2. The number of aliphatic hydroxyl groups excluding tert-OH is 2. The Bertz CT molecular complexity index is 815. The Labute approximate surface area is 183 Å². The van der Waals surface area contributed by atoms with E-state index in [1.165, 1.54) is 6.92 Å². The number of rotatable bonds is 10. The maximum atomic E-state index is 12.0. The molecule has 4 atom stereocenters. The maximum Gasteiger partial charge on any atom is 0.351 e. The van der Waals surface area contributed by atoms with Crippen LogP contribution < -0.4 is 4.74 Å². The molecule has 2 N–H and O–H groups in total. The van der Waals surface area contributed by atoms with Crippen molar-refractivity contribution < 1.29 is 29.4 Å². The predicted molar refractivity (Wildman–Crippen MR) is 112 cm³/mol. The highest BCUT2D eigenvalue weighted by atomic mass is 16.6. The Kier molecular flexibility index (Phi) is 7.77. The summed E-state index contributed by atoms with van der Waals surface area (Å²) in [6.45, 7) is 8.84. The topological polar surface area (TPSA) is 145 Å². The van der Waals surface area contributed by atoms with Crippen molar-refractivity contribution in [1.82, 2.24) is 9.97 Å². The zero-order valence-electron chi connectivity index (χ0n) is 19.8. The van der Waals surface area contributed by atoms with E-state index in [0.29, 0.717) is 31.5 Å². The van der Waals surface area contributed by atoms with Crippen molar-refractivity contribution in [2.24, 2.45) is 17.3 Å². The molecule has 0 saturated heterocycles. The van der Waals surface area contributed by atoms with Gasteiger partial charge in [-0.25, -0.2) is 4.98 Å². The molecule has 0 unspecified atom stereocenters. The van der Waals surface area contributed by atoms with Crippen LogP contribution in [0.2, 0.25) is 0 Å². The van der Waals surface area contributed by atoms with Crippen LogP contribution in [0.15, 0.2) is 0 Å². The monoisotopic (exact) mass is 441 g/mol. The second kappa shape index (κ2) is 10.3. The van der Waals surface area contributed by atoms with Gasteiger partial charge >= 0.3 is 11.7 Å². The van der Waals surface area contributed by atoms with Gasteiger partial charge in [0.05, 0.1) is 23.0 Å². The quantitative estimate of drug-likeness (QED) is 0.242. The predicted octanol–water partition coefficient (Wildman–Crippen LogP) is 2.50. The summed E-state index contributed by atoms with van der Waals surface area (Å²) in [7, 11) is 0. The Balaban J connectivity index is 2.17. The minimum Gasteiger partial charge on any atom is -0.466 e. The van der Waals surface area contributed by atoms with E-state index in [2.05, 4.69) is 15.1 Å². The summed E-state index contributed by atoms with van der Waals surface area (Å²) in [5.41, 5.74) is -0.742. The molecule has 0 amide bonds. The largest absolute Gasteiger partial charge is 0.466 e. The van der Waals surface area contributed by atoms with Gasteiger partial charge in [-0.05, 0) is 72.1 Å². The molecule has 0 spiro atoms. The first-order valence-corrected chi connectivity index (χ1v) is 10.5. The molecular weight excluding hydrogens is 406 g/mol. The summed E-state index contributed by atoms with van der Waals surface area (Å²) in [6, 6.07) is 0. The molecule has 0 radical (unpaired) electrons. The van der Waals surface area contributed by atoms with Gasteiger partial charge in [0, 0.05) is 6.61 Å². The maximum absolute atomic E-state index is 12.0. The van der Waals surface area contributed by atoms with Crippen LogP contribution >= 0.6 is 0 Å². The zero-order valence-corrected chi connectivity index (χ0v) is 18.8. The highest BCUT2D eigenvalue weighted by Gasteiger charge is 2.45. The number of aromatic nitrogens is 2. The van der Waals surface area contributed by atoms with Gasteiger partial charge < -0.3 is 19.7 Å². The van der Waals surface area contributed by atoms with Gasteiger partial charge in [-0.2, -0.15) is 4.98 Å². The molecule has 10 heteroatoms. The summed E-state index contributed by atoms with van der Waals surface area (Å²) >= 11 is 0. The Hall–Kier alpha value is -2.33. The van der Waals surface area contributed by atoms with Gasteiger partial charge in [0.15, 0.2) is 0 Å². The number of nitro groups is 1. The second-order valence-corrected chi connectivity index (χ2v) is 9.12. The summed E-state index contributed by atoms with van der Waals surface area (Å²) in [4.78, 5) is 31.1. The lowest BCUT2D eigenvalue weighted by Gasteiger charge is -2.24. The first-order valence-electron chi connectivity index (χ1n) is 11.0. The van der Waals surface area contributed by atoms with Crippen molar-refractivity contribution in [3.05, 3.63) is 21.6 Å². The molecule has 1 aliphatic rings. The van der Waals surface area contributed by atoms with Crippen molar-refractivity contribution in [3.8, 4) is 5.88 Å². The molecule has 31 heavy (non-hydrogen) atoms. The first kappa shape index (κ1) is 23.3. The van der Waals surface area contributed by atoms with Crippen LogP contribution in [0.3, 0.4) is 0 Å². The van der Waals surface area contributed by atoms with Crippen LogP contribution in [-0.4, -0.2) is 57.9 Å². The molecule has 10 nitrogen and oxygen atoms in total. The molecule has 2 rings (SSSR count). The van der Waals surface area contributed by atoms with Gasteiger partial charge in [0.25, 0.3) is 5.88 Å². The van der Waals surface area contributed by atoms with E-state index in [0.717, 1.165) is 0 Å². The number of carbonyl (C=O) groups is 1. The van der Waals surface area contributed by atoms with Crippen LogP contribution in [0, 0.1) is 41.2 Å². The van der Waals surface area contributed by atoms with Crippen molar-refractivity contribution >= 4 is 11.7 Å². The molecule has 1 aromatic rings. The molecule has 1 aromatic heterocycles. The van der Waals surface area contributed by atoms with E-state index >= 15 is 0 Å². The molecule has 1 fully saturated rings. The SMILES string of the molecule is [3H]OCCC[C@H]1C[C@H](CCOC(=O)C(C)(C)C)[C@@H](O)[C@H]1Oc1nc(C)nc(C)c1[N+](=O)[O-]. The fourth-order valence-corrected chi connectivity index (χ4v) is 3.91. The summed E-state index contributed by atoms with van der Waals surface area (Å²) < 4.78 is 18.2. The Morgan fingerprint density at radius 1 is 1.29 bits per heavy atom. The lowest BCUT2D eigenvalue weighted by molar-refractivity contribution is -0.387. The minimum absolute atomic E-state index is 0.126. The van der Waals surface area contributed by atoms with E-state index in [9.17, 15) is 20.0 Å². The van der Waals surface area contributed by atoms with Crippen LogP contribution in [-0.2, 0) is 9.53 Å². The van der Waals surface area contributed by atoms with Crippen LogP contribution in [0.4, 0.5) is 5.69 Å². The highest BCUT2D eigenvalue weighted by molar-refractivity contribution is 5.75. The molecule has 174 valence electrons. The van der Waals surface area contributed by atoms with E-state index in [1.807, 2.05) is 0 Å². The van der Waals surface area contributed by atoms with Crippen LogP contribution in [0.5, 0.6) is 5.88 Å². The molecule has 0 aromatic carbocycles. The third-order valence-electron chi connectivity index (χ3n) is 5.51. The average molecular weight is 442 g/mol. The van der Waals surface area contributed by atoms with E-state index in [1.54, 1.807) is 27.7 Å². The van der Waals surface area contributed by atoms with Gasteiger partial charge in [0.1, 0.15) is 17.6 Å². The fourth-order valence-electron chi connectivity index (χ4n) is 3.91. The van der Waals surface area contributed by atoms with Crippen LogP contribution in [0.25, 0.3) is 0 Å². The highest BCUT2D eigenvalue weighted by Crippen LogP contribution is 2.40. The van der Waals surface area contributed by atoms with Gasteiger partial charge in [0.2, 0.25) is 1.43 Å². The molecular formula is C21H33N3O7. The summed E-state index contributed by atoms with van der Waals surface area (Å²) in [5.74, 6) is -0.480. The molecule has 1 heterocycles. The third kappa shape index (κ3) is 6.33. The number of aryl methyl sites for hydroxylation is 2. The van der Waals surface area contributed by atoms with Crippen LogP contribution in [0.1, 0.15) is 58.0 Å². The smallest absolute Gasteiger partial charge is 0.351 e. The van der Waals surface area contributed by atoms with Crippen molar-refractivity contribution in [2.75, 3.05) is 13.2 Å². The summed E-state index contributed by atoms with van der Waals surface area (Å²) in [5, 5.41) is 26.9. The number of hydrogen-bond acceptors (Lipinski definition) is 9. The van der Waals surface area contributed by atoms with E-state index < -0.39 is 22.5 Å². The van der Waals surface area contributed by atoms with Crippen molar-refractivity contribution in [3.63, 3.8) is 0 Å². The van der Waals surface area contributed by atoms with E-state index in [4.69, 9.17) is 10.9 Å². The zero-order chi connectivity index (χ0) is 24.1. The first-order chi connectivity index (χ1) is 15.0. The van der Waals surface area contributed by atoms with Crippen molar-refractivity contribution in [1.29, 1.82) is 1.43 Å². The number of hydrogen-bond donors (Lipinski definition) is 2. The number of nitrogens with zero attached hydrogens (tertiary/aromatic N) is 3. The van der Waals surface area contributed by atoms with Gasteiger partial charge in [-0.3, -0.25) is 14.9 Å². The fraction of sp³-hybridized carbons (Fsp3) is 0.762. The lowest BCUT2D eigenvalue weighted by atomic mass is 9.97. The van der Waals surface area contributed by atoms with Crippen molar-refractivity contribution in [2.45, 2.75) is 72.5 Å². The molecule has 1 aliphatic carbocycles. The minimum atomic E-state index is -0.916. The number of carbonyl (C=O) groups excluding carboxylic acids is 1. The second-order valence-electron chi connectivity index (χ2n) is 9.12.